The fourth-order valence-corrected chi connectivity index (χ4v) is 4.80. The number of hydrogen-bond acceptors (Lipinski definition) is 6. The molecule has 0 aliphatic heterocycles. The van der Waals surface area contributed by atoms with Crippen LogP contribution in [-0.4, -0.2) is 43.1 Å². The molecule has 5 rings (SSSR count). The zero-order valence-electron chi connectivity index (χ0n) is 22.4. The highest BCUT2D eigenvalue weighted by Gasteiger charge is 2.31. The Bertz CT molecular complexity index is 1600. The zero-order chi connectivity index (χ0) is 27.1. The average molecular weight is 513 g/mol. The van der Waals surface area contributed by atoms with Gasteiger partial charge in [-0.1, -0.05) is 6.07 Å². The van der Waals surface area contributed by atoms with Gasteiger partial charge in [0.1, 0.15) is 12.0 Å². The summed E-state index contributed by atoms with van der Waals surface area (Å²) in [4.78, 5) is 44.6. The number of aryl methyl sites for hydroxylation is 1. The molecule has 1 aliphatic carbocycles. The van der Waals surface area contributed by atoms with Crippen molar-refractivity contribution in [3.8, 4) is 22.8 Å². The van der Waals surface area contributed by atoms with Gasteiger partial charge in [-0.15, -0.1) is 10.2 Å². The van der Waals surface area contributed by atoms with Crippen LogP contribution in [0.15, 0.2) is 47.7 Å². The Morgan fingerprint density at radius 3 is 2.47 bits per heavy atom. The molecule has 0 bridgehead atoms. The summed E-state index contributed by atoms with van der Waals surface area (Å²) in [5.74, 6) is 0.731. The van der Waals surface area contributed by atoms with Crippen LogP contribution in [0.2, 0.25) is 0 Å². The summed E-state index contributed by atoms with van der Waals surface area (Å²) in [6, 6.07) is 9.40. The van der Waals surface area contributed by atoms with Crippen molar-refractivity contribution in [2.45, 2.75) is 59.5 Å². The molecule has 3 aromatic heterocycles. The average Bonchev–Trinajstić information content (AvgIpc) is 3.63. The second-order valence-corrected chi connectivity index (χ2v) is 10.6. The van der Waals surface area contributed by atoms with Gasteiger partial charge < -0.3 is 14.0 Å². The highest BCUT2D eigenvalue weighted by Crippen LogP contribution is 2.32. The molecule has 0 N–H and O–H groups in total. The van der Waals surface area contributed by atoms with Crippen LogP contribution in [0.3, 0.4) is 0 Å². The number of nitrogens with zero attached hydrogens (tertiary/aromatic N) is 6. The minimum Gasteiger partial charge on any atom is -0.344 e. The summed E-state index contributed by atoms with van der Waals surface area (Å²) in [7, 11) is 0. The highest BCUT2D eigenvalue weighted by atomic mass is 16.1. The van der Waals surface area contributed by atoms with Gasteiger partial charge in [-0.25, -0.2) is 4.98 Å². The van der Waals surface area contributed by atoms with Gasteiger partial charge in [0.25, 0.3) is 0 Å². The lowest BCUT2D eigenvalue weighted by Gasteiger charge is -2.22. The number of fused-ring (bicyclic) bond motifs is 1. The van der Waals surface area contributed by atoms with Crippen LogP contribution in [0.25, 0.3) is 33.7 Å². The molecule has 9 heteroatoms. The molecular formula is C29H32N6O3. The lowest BCUT2D eigenvalue weighted by atomic mass is 10.0. The van der Waals surface area contributed by atoms with Crippen LogP contribution < -0.4 is 10.3 Å². The Labute approximate surface area is 221 Å². The van der Waals surface area contributed by atoms with E-state index in [2.05, 4.69) is 28.6 Å². The van der Waals surface area contributed by atoms with Gasteiger partial charge in [-0.2, -0.15) is 0 Å². The van der Waals surface area contributed by atoms with E-state index >= 15 is 0 Å². The summed E-state index contributed by atoms with van der Waals surface area (Å²) < 4.78 is 3.99. The Morgan fingerprint density at radius 1 is 1.11 bits per heavy atom. The topological polar surface area (TPSA) is 103 Å². The van der Waals surface area contributed by atoms with Gasteiger partial charge in [0, 0.05) is 35.3 Å². The molecule has 3 heterocycles. The van der Waals surface area contributed by atoms with E-state index in [9.17, 15) is 14.4 Å². The molecule has 1 amide bonds. The van der Waals surface area contributed by atoms with Crippen molar-refractivity contribution in [3.63, 3.8) is 0 Å². The Balaban J connectivity index is 1.67. The first-order valence-electron chi connectivity index (χ1n) is 13.0. The van der Waals surface area contributed by atoms with Crippen LogP contribution >= 0.6 is 0 Å². The third-order valence-corrected chi connectivity index (χ3v) is 7.09. The fraction of sp³-hybridized carbons (Fsp3) is 0.379. The van der Waals surface area contributed by atoms with Crippen LogP contribution in [0.4, 0.5) is 5.69 Å². The quantitative estimate of drug-likeness (QED) is 0.300. The molecule has 4 aromatic rings. The predicted octanol–water partition coefficient (Wildman–Crippen LogP) is 4.73. The molecule has 0 spiro atoms. The zero-order valence-corrected chi connectivity index (χ0v) is 22.4. The normalized spacial score (nSPS) is 13.4. The predicted molar refractivity (Wildman–Crippen MR) is 147 cm³/mol. The molecule has 196 valence electrons. The van der Waals surface area contributed by atoms with Crippen molar-refractivity contribution in [1.29, 1.82) is 0 Å². The molecule has 38 heavy (non-hydrogen) atoms. The molecule has 9 nitrogen and oxygen atoms in total. The lowest BCUT2D eigenvalue weighted by molar-refractivity contribution is -0.120. The summed E-state index contributed by atoms with van der Waals surface area (Å²) in [6.07, 6.45) is 5.96. The molecule has 1 aliphatic rings. The number of ketones is 1. The third kappa shape index (κ3) is 4.64. The lowest BCUT2D eigenvalue weighted by Crippen LogP contribution is -2.30. The Kier molecular flexibility index (Phi) is 6.69. The van der Waals surface area contributed by atoms with Crippen molar-refractivity contribution in [3.05, 3.63) is 58.6 Å². The fourth-order valence-electron chi connectivity index (χ4n) is 4.80. The van der Waals surface area contributed by atoms with E-state index in [0.29, 0.717) is 40.3 Å². The largest absolute Gasteiger partial charge is 0.344 e. The van der Waals surface area contributed by atoms with Crippen LogP contribution in [-0.2, 0) is 9.59 Å². The van der Waals surface area contributed by atoms with E-state index in [-0.39, 0.29) is 35.8 Å². The van der Waals surface area contributed by atoms with Gasteiger partial charge in [0.05, 0.1) is 23.3 Å². The van der Waals surface area contributed by atoms with E-state index in [0.717, 1.165) is 23.9 Å². The highest BCUT2D eigenvalue weighted by molar-refractivity contribution is 5.96. The van der Waals surface area contributed by atoms with Gasteiger partial charge in [-0.05, 0) is 77.3 Å². The van der Waals surface area contributed by atoms with Gasteiger partial charge in [0.15, 0.2) is 17.0 Å². The van der Waals surface area contributed by atoms with E-state index in [1.54, 1.807) is 12.4 Å². The maximum Gasteiger partial charge on any atom is 0.214 e. The van der Waals surface area contributed by atoms with Crippen molar-refractivity contribution in [1.82, 2.24) is 24.3 Å². The van der Waals surface area contributed by atoms with E-state index < -0.39 is 0 Å². The van der Waals surface area contributed by atoms with Gasteiger partial charge in [0.2, 0.25) is 6.41 Å². The molecule has 0 atom stereocenters. The van der Waals surface area contributed by atoms with Crippen LogP contribution in [0.5, 0.6) is 0 Å². The Morgan fingerprint density at radius 2 is 1.82 bits per heavy atom. The minimum absolute atomic E-state index is 0.0126. The van der Waals surface area contributed by atoms with Gasteiger partial charge >= 0.3 is 0 Å². The number of carbonyl (C=O) groups is 2. The van der Waals surface area contributed by atoms with Crippen LogP contribution in [0, 0.1) is 12.8 Å². The van der Waals surface area contributed by atoms with E-state index in [1.807, 2.05) is 55.8 Å². The first-order valence-corrected chi connectivity index (χ1v) is 13.0. The maximum atomic E-state index is 13.9. The van der Waals surface area contributed by atoms with Crippen LogP contribution in [0.1, 0.15) is 58.2 Å². The number of pyridine rings is 2. The first-order chi connectivity index (χ1) is 18.2. The first kappa shape index (κ1) is 25.5. The number of benzene rings is 1. The molecule has 0 radical (unpaired) electrons. The number of rotatable bonds is 9. The second-order valence-electron chi connectivity index (χ2n) is 10.6. The smallest absolute Gasteiger partial charge is 0.214 e. The van der Waals surface area contributed by atoms with Gasteiger partial charge in [-0.3, -0.25) is 14.4 Å². The van der Waals surface area contributed by atoms with E-state index in [4.69, 9.17) is 4.98 Å². The number of amides is 1. The van der Waals surface area contributed by atoms with Crippen molar-refractivity contribution < 1.29 is 9.59 Å². The molecule has 1 fully saturated rings. The monoisotopic (exact) mass is 512 g/mol. The standard InChI is InChI=1S/C29H32N6O3/c1-17(2)34-13-22(23-7-6-8-24(31-23)29-32-30-15-35(29)18(3)4)28(38)21-12-25(19(5)11-26(21)34)33(16-36)14-27(37)20-9-10-20/h6-8,11-13,15-18,20H,9-10,14H2,1-5H3. The third-order valence-electron chi connectivity index (χ3n) is 7.09. The van der Waals surface area contributed by atoms with Crippen molar-refractivity contribution in [2.24, 2.45) is 5.92 Å². The summed E-state index contributed by atoms with van der Waals surface area (Å²) in [6.45, 7) is 10.1. The Hall–Kier alpha value is -4.14. The molecule has 0 saturated heterocycles. The molecule has 0 unspecified atom stereocenters. The molecule has 1 aromatic carbocycles. The van der Waals surface area contributed by atoms with Crippen molar-refractivity contribution >= 4 is 28.8 Å². The SMILES string of the molecule is Cc1cc2c(cc1N(C=O)CC(=O)C1CC1)c(=O)c(-c1cccc(-c3nncn3C(C)C)n1)cn2C(C)C. The molecule has 1 saturated carbocycles. The van der Waals surface area contributed by atoms with Crippen molar-refractivity contribution in [2.75, 3.05) is 11.4 Å². The number of Topliss-reactive ketones (excluding diaryl/α,β-unsaturated/α-hetero) is 1. The number of hydrogen-bond donors (Lipinski definition) is 0. The summed E-state index contributed by atoms with van der Waals surface area (Å²) >= 11 is 0. The summed E-state index contributed by atoms with van der Waals surface area (Å²) in [5, 5.41) is 8.77. The number of aromatic nitrogens is 5. The maximum absolute atomic E-state index is 13.9. The molecular weight excluding hydrogens is 480 g/mol. The number of carbonyl (C=O) groups excluding carboxylic acids is 2. The second kappa shape index (κ2) is 9.96. The number of anilines is 1. The minimum atomic E-state index is -0.188. The summed E-state index contributed by atoms with van der Waals surface area (Å²) in [5.41, 5.74) is 3.57. The van der Waals surface area contributed by atoms with E-state index in [1.165, 1.54) is 4.90 Å².